The number of aliphatic carboxylic acids is 1. The number of carboxylic acid groups (broad SMARTS) is 1. The summed E-state index contributed by atoms with van der Waals surface area (Å²) in [6.07, 6.45) is -5.12. The quantitative estimate of drug-likeness (QED) is 0.924. The molecule has 0 spiro atoms. The van der Waals surface area contributed by atoms with Crippen LogP contribution >= 0.6 is 0 Å². The van der Waals surface area contributed by atoms with E-state index in [1.807, 2.05) is 0 Å². The number of carbonyl (C=O) groups is 2. The molecule has 0 aliphatic carbocycles. The summed E-state index contributed by atoms with van der Waals surface area (Å²) >= 11 is 0. The third-order valence-corrected chi connectivity index (χ3v) is 2.86. The normalized spacial score (nSPS) is 19.2. The van der Waals surface area contributed by atoms with Crippen molar-refractivity contribution in [3.05, 3.63) is 24.3 Å². The topological polar surface area (TPSA) is 66.8 Å². The van der Waals surface area contributed by atoms with Crippen LogP contribution in [-0.2, 0) is 9.59 Å². The number of hydrogen-bond acceptors (Lipinski definition) is 3. The van der Waals surface area contributed by atoms with Crippen molar-refractivity contribution in [3.8, 4) is 5.75 Å². The lowest BCUT2D eigenvalue weighted by atomic mass is 10.1. The minimum absolute atomic E-state index is 0.0847. The van der Waals surface area contributed by atoms with E-state index in [0.717, 1.165) is 11.0 Å². The Balaban J connectivity index is 2.29. The fourth-order valence-electron chi connectivity index (χ4n) is 2.00. The number of carbonyl (C=O) groups excluding carboxylic acids is 1. The number of ether oxygens (including phenoxy) is 1. The molecule has 108 valence electrons. The summed E-state index contributed by atoms with van der Waals surface area (Å²) in [5.74, 6) is -3.16. The number of benzene rings is 1. The van der Waals surface area contributed by atoms with Crippen molar-refractivity contribution >= 4 is 17.6 Å². The number of anilines is 1. The first-order valence-corrected chi connectivity index (χ1v) is 5.66. The van der Waals surface area contributed by atoms with Gasteiger partial charge in [-0.25, -0.2) is 0 Å². The summed E-state index contributed by atoms with van der Waals surface area (Å²) in [7, 11) is 0. The van der Waals surface area contributed by atoms with Gasteiger partial charge < -0.3 is 14.7 Å². The van der Waals surface area contributed by atoms with Crippen LogP contribution in [0.2, 0.25) is 0 Å². The van der Waals surface area contributed by atoms with Crippen molar-refractivity contribution in [2.24, 2.45) is 5.92 Å². The standard InChI is InChI=1S/C12H10F3NO4/c13-12(14,15)20-9-4-2-1-3-8(9)16-6-7(11(18)19)5-10(16)17/h1-4,7H,5-6H2,(H,18,19)/t7-/m1/s1. The molecule has 1 fully saturated rings. The second-order valence-corrected chi connectivity index (χ2v) is 4.26. The molecule has 8 heteroatoms. The average molecular weight is 289 g/mol. The molecule has 1 aliphatic rings. The molecule has 0 radical (unpaired) electrons. The van der Waals surface area contributed by atoms with E-state index in [1.54, 1.807) is 0 Å². The summed E-state index contributed by atoms with van der Waals surface area (Å²) in [4.78, 5) is 23.6. The molecule has 0 bridgehead atoms. The van der Waals surface area contributed by atoms with Crippen LogP contribution in [0.1, 0.15) is 6.42 Å². The largest absolute Gasteiger partial charge is 0.573 e. The van der Waals surface area contributed by atoms with E-state index in [9.17, 15) is 22.8 Å². The molecule has 1 aromatic rings. The van der Waals surface area contributed by atoms with Crippen molar-refractivity contribution in [1.82, 2.24) is 0 Å². The number of halogens is 3. The highest BCUT2D eigenvalue weighted by atomic mass is 19.4. The van der Waals surface area contributed by atoms with Crippen LogP contribution in [0.15, 0.2) is 24.3 Å². The van der Waals surface area contributed by atoms with Crippen molar-refractivity contribution in [2.45, 2.75) is 12.8 Å². The highest BCUT2D eigenvalue weighted by Crippen LogP contribution is 2.35. The van der Waals surface area contributed by atoms with Gasteiger partial charge in [-0.2, -0.15) is 0 Å². The molecule has 5 nitrogen and oxygen atoms in total. The zero-order chi connectivity index (χ0) is 14.9. The van der Waals surface area contributed by atoms with E-state index in [4.69, 9.17) is 5.11 Å². The maximum atomic E-state index is 12.3. The van der Waals surface area contributed by atoms with Gasteiger partial charge in [0.05, 0.1) is 11.6 Å². The Hall–Kier alpha value is -2.25. The maximum absolute atomic E-state index is 12.3. The molecule has 2 rings (SSSR count). The van der Waals surface area contributed by atoms with Gasteiger partial charge in [-0.15, -0.1) is 13.2 Å². The van der Waals surface area contributed by atoms with Crippen LogP contribution in [-0.4, -0.2) is 29.9 Å². The van der Waals surface area contributed by atoms with Crippen LogP contribution in [0.5, 0.6) is 5.75 Å². The molecule has 1 atom stereocenters. The third-order valence-electron chi connectivity index (χ3n) is 2.86. The molecule has 1 amide bonds. The smallest absolute Gasteiger partial charge is 0.481 e. The second-order valence-electron chi connectivity index (χ2n) is 4.26. The molecule has 1 N–H and O–H groups in total. The fraction of sp³-hybridized carbons (Fsp3) is 0.333. The molecule has 20 heavy (non-hydrogen) atoms. The van der Waals surface area contributed by atoms with Gasteiger partial charge in [0.25, 0.3) is 0 Å². The monoisotopic (exact) mass is 289 g/mol. The molecule has 0 unspecified atom stereocenters. The number of para-hydroxylation sites is 2. The number of carboxylic acids is 1. The number of amides is 1. The first-order chi connectivity index (χ1) is 9.28. The Morgan fingerprint density at radius 1 is 1.35 bits per heavy atom. The minimum Gasteiger partial charge on any atom is -0.481 e. The summed E-state index contributed by atoms with van der Waals surface area (Å²) in [5, 5.41) is 8.86. The molecular formula is C12H10F3NO4. The lowest BCUT2D eigenvalue weighted by Crippen LogP contribution is -2.27. The predicted octanol–water partition coefficient (Wildman–Crippen LogP) is 2.02. The van der Waals surface area contributed by atoms with Crippen LogP contribution in [0, 0.1) is 5.92 Å². The SMILES string of the molecule is O=C(O)[C@@H]1CC(=O)N(c2ccccc2OC(F)(F)F)C1. The maximum Gasteiger partial charge on any atom is 0.573 e. The lowest BCUT2D eigenvalue weighted by Gasteiger charge is -2.20. The Labute approximate surface area is 111 Å². The molecule has 0 aromatic heterocycles. The Morgan fingerprint density at radius 2 is 2.00 bits per heavy atom. The summed E-state index contributed by atoms with van der Waals surface area (Å²) < 4.78 is 40.7. The highest BCUT2D eigenvalue weighted by molar-refractivity contribution is 6.00. The van der Waals surface area contributed by atoms with Gasteiger partial charge in [0.1, 0.15) is 0 Å². The third kappa shape index (κ3) is 3.01. The van der Waals surface area contributed by atoms with E-state index in [1.165, 1.54) is 18.2 Å². The summed E-state index contributed by atoms with van der Waals surface area (Å²) in [5.41, 5.74) is -0.0847. The number of alkyl halides is 3. The zero-order valence-corrected chi connectivity index (χ0v) is 10.1. The van der Waals surface area contributed by atoms with Crippen molar-refractivity contribution in [1.29, 1.82) is 0 Å². The van der Waals surface area contributed by atoms with E-state index in [-0.39, 0.29) is 18.7 Å². The van der Waals surface area contributed by atoms with Gasteiger partial charge in [0.2, 0.25) is 5.91 Å². The van der Waals surface area contributed by atoms with Crippen molar-refractivity contribution < 1.29 is 32.6 Å². The second kappa shape index (κ2) is 5.03. The number of hydrogen-bond donors (Lipinski definition) is 1. The van der Waals surface area contributed by atoms with Crippen molar-refractivity contribution in [2.75, 3.05) is 11.4 Å². The number of nitrogens with zero attached hydrogens (tertiary/aromatic N) is 1. The molecular weight excluding hydrogens is 279 g/mol. The fourth-order valence-corrected chi connectivity index (χ4v) is 2.00. The molecule has 1 aromatic carbocycles. The van der Waals surface area contributed by atoms with E-state index < -0.39 is 29.9 Å². The van der Waals surface area contributed by atoms with Gasteiger partial charge in [-0.05, 0) is 12.1 Å². The van der Waals surface area contributed by atoms with Gasteiger partial charge in [-0.3, -0.25) is 9.59 Å². The average Bonchev–Trinajstić information content (AvgIpc) is 2.70. The van der Waals surface area contributed by atoms with Gasteiger partial charge in [0.15, 0.2) is 5.75 Å². The first kappa shape index (κ1) is 14.2. The molecule has 1 heterocycles. The number of rotatable bonds is 3. The van der Waals surface area contributed by atoms with Gasteiger partial charge in [0, 0.05) is 13.0 Å². The summed E-state index contributed by atoms with van der Waals surface area (Å²) in [6, 6.07) is 5.13. The van der Waals surface area contributed by atoms with Gasteiger partial charge >= 0.3 is 12.3 Å². The molecule has 1 aliphatic heterocycles. The van der Waals surface area contributed by atoms with E-state index in [0.29, 0.717) is 0 Å². The lowest BCUT2D eigenvalue weighted by molar-refractivity contribution is -0.274. The van der Waals surface area contributed by atoms with Gasteiger partial charge in [-0.1, -0.05) is 12.1 Å². The minimum atomic E-state index is -4.88. The van der Waals surface area contributed by atoms with Crippen LogP contribution in [0.25, 0.3) is 0 Å². The summed E-state index contributed by atoms with van der Waals surface area (Å²) in [6.45, 7) is -0.174. The van der Waals surface area contributed by atoms with Crippen LogP contribution in [0.3, 0.4) is 0 Å². The predicted molar refractivity (Wildman–Crippen MR) is 61.2 cm³/mol. The molecule has 1 saturated heterocycles. The zero-order valence-electron chi connectivity index (χ0n) is 10.1. The van der Waals surface area contributed by atoms with E-state index >= 15 is 0 Å². The first-order valence-electron chi connectivity index (χ1n) is 5.66. The van der Waals surface area contributed by atoms with Crippen molar-refractivity contribution in [3.63, 3.8) is 0 Å². The van der Waals surface area contributed by atoms with E-state index in [2.05, 4.69) is 4.74 Å². The highest BCUT2D eigenvalue weighted by Gasteiger charge is 2.38. The Morgan fingerprint density at radius 3 is 2.55 bits per heavy atom. The molecule has 0 saturated carbocycles. The van der Waals surface area contributed by atoms with Crippen LogP contribution < -0.4 is 9.64 Å². The Bertz CT molecular complexity index is 544. The van der Waals surface area contributed by atoms with Crippen LogP contribution in [0.4, 0.5) is 18.9 Å². The Kier molecular flexibility index (Phi) is 3.56.